The predicted octanol–water partition coefficient (Wildman–Crippen LogP) is 2.53. The molecule has 0 aromatic heterocycles. The maximum Gasteiger partial charge on any atom is 0.303 e. The van der Waals surface area contributed by atoms with Crippen molar-refractivity contribution in [2.75, 3.05) is 13.1 Å². The topological polar surface area (TPSA) is 57.6 Å². The summed E-state index contributed by atoms with van der Waals surface area (Å²) in [7, 11) is 0. The van der Waals surface area contributed by atoms with Crippen LogP contribution in [0.1, 0.15) is 52.4 Å². The Labute approximate surface area is 109 Å². The number of carboxylic acid groups (broad SMARTS) is 1. The summed E-state index contributed by atoms with van der Waals surface area (Å²) in [5.41, 5.74) is 0. The van der Waals surface area contributed by atoms with Gasteiger partial charge in [-0.05, 0) is 31.6 Å². The Morgan fingerprint density at radius 1 is 1.44 bits per heavy atom. The van der Waals surface area contributed by atoms with Crippen LogP contribution in [-0.4, -0.2) is 35.0 Å². The fourth-order valence-electron chi connectivity index (χ4n) is 2.70. The third-order valence-corrected chi connectivity index (χ3v) is 3.74. The lowest BCUT2D eigenvalue weighted by molar-refractivity contribution is -0.138. The Hall–Kier alpha value is -1.06. The molecule has 0 aromatic rings. The molecule has 4 nitrogen and oxygen atoms in total. The molecule has 0 saturated carbocycles. The molecule has 0 aliphatic carbocycles. The van der Waals surface area contributed by atoms with E-state index in [1.807, 2.05) is 11.8 Å². The van der Waals surface area contributed by atoms with Crippen LogP contribution in [0.3, 0.4) is 0 Å². The van der Waals surface area contributed by atoms with Crippen LogP contribution >= 0.6 is 0 Å². The molecule has 0 spiro atoms. The molecule has 1 heterocycles. The van der Waals surface area contributed by atoms with Crippen LogP contribution in [0, 0.1) is 11.8 Å². The molecule has 0 aromatic carbocycles. The third kappa shape index (κ3) is 4.67. The predicted molar refractivity (Wildman–Crippen MR) is 70.2 cm³/mol. The number of aliphatic carboxylic acids is 1. The van der Waals surface area contributed by atoms with Crippen molar-refractivity contribution in [3.8, 4) is 0 Å². The van der Waals surface area contributed by atoms with Crippen molar-refractivity contribution in [2.24, 2.45) is 11.8 Å². The number of carbonyl (C=O) groups excluding carboxylic acids is 1. The molecule has 4 heteroatoms. The minimum Gasteiger partial charge on any atom is -0.481 e. The maximum absolute atomic E-state index is 12.2. The number of hydrogen-bond acceptors (Lipinski definition) is 2. The third-order valence-electron chi connectivity index (χ3n) is 3.74. The lowest BCUT2D eigenvalue weighted by Crippen LogP contribution is -2.42. The average molecular weight is 255 g/mol. The van der Waals surface area contributed by atoms with E-state index in [1.54, 1.807) is 0 Å². The first-order valence-electron chi connectivity index (χ1n) is 7.05. The van der Waals surface area contributed by atoms with Gasteiger partial charge in [-0.3, -0.25) is 9.59 Å². The molecule has 104 valence electrons. The van der Waals surface area contributed by atoms with Crippen molar-refractivity contribution in [3.05, 3.63) is 0 Å². The van der Waals surface area contributed by atoms with E-state index in [4.69, 9.17) is 5.11 Å². The molecule has 0 bridgehead atoms. The summed E-state index contributed by atoms with van der Waals surface area (Å²) < 4.78 is 0. The van der Waals surface area contributed by atoms with Crippen molar-refractivity contribution in [3.63, 3.8) is 0 Å². The number of rotatable bonds is 6. The van der Waals surface area contributed by atoms with E-state index < -0.39 is 5.97 Å². The summed E-state index contributed by atoms with van der Waals surface area (Å²) >= 11 is 0. The molecule has 1 aliphatic heterocycles. The molecule has 0 radical (unpaired) electrons. The Morgan fingerprint density at radius 3 is 2.78 bits per heavy atom. The number of nitrogens with zero attached hydrogens (tertiary/aromatic N) is 1. The van der Waals surface area contributed by atoms with Gasteiger partial charge in [-0.15, -0.1) is 0 Å². The summed E-state index contributed by atoms with van der Waals surface area (Å²) in [6, 6.07) is 0. The first-order chi connectivity index (χ1) is 8.54. The van der Waals surface area contributed by atoms with Crippen LogP contribution in [0.2, 0.25) is 0 Å². The number of hydrogen-bond donors (Lipinski definition) is 1. The highest BCUT2D eigenvalue weighted by Crippen LogP contribution is 2.23. The van der Waals surface area contributed by atoms with Crippen LogP contribution in [0.5, 0.6) is 0 Å². The minimum atomic E-state index is -0.738. The molecule has 1 saturated heterocycles. The van der Waals surface area contributed by atoms with Crippen LogP contribution < -0.4 is 0 Å². The number of carboxylic acids is 1. The van der Waals surface area contributed by atoms with E-state index in [-0.39, 0.29) is 18.2 Å². The van der Waals surface area contributed by atoms with E-state index >= 15 is 0 Å². The molecule has 1 amide bonds. The summed E-state index contributed by atoms with van der Waals surface area (Å²) in [5, 5.41) is 8.70. The summed E-state index contributed by atoms with van der Waals surface area (Å²) in [5.74, 6) is -0.0180. The smallest absolute Gasteiger partial charge is 0.303 e. The highest BCUT2D eigenvalue weighted by Gasteiger charge is 2.26. The number of carbonyl (C=O) groups is 2. The average Bonchev–Trinajstić information content (AvgIpc) is 2.36. The van der Waals surface area contributed by atoms with E-state index in [9.17, 15) is 9.59 Å². The second-order valence-corrected chi connectivity index (χ2v) is 5.41. The molecule has 1 rings (SSSR count). The highest BCUT2D eigenvalue weighted by atomic mass is 16.4. The summed E-state index contributed by atoms with van der Waals surface area (Å²) in [6.45, 7) is 5.68. The summed E-state index contributed by atoms with van der Waals surface area (Å²) in [4.78, 5) is 24.7. The first kappa shape index (κ1) is 15.0. The zero-order valence-corrected chi connectivity index (χ0v) is 11.5. The molecule has 1 fully saturated rings. The van der Waals surface area contributed by atoms with E-state index in [1.165, 1.54) is 0 Å². The van der Waals surface area contributed by atoms with Gasteiger partial charge in [0.05, 0.1) is 0 Å². The molecular weight excluding hydrogens is 230 g/mol. The van der Waals surface area contributed by atoms with E-state index in [0.29, 0.717) is 12.3 Å². The van der Waals surface area contributed by atoms with Crippen molar-refractivity contribution in [1.29, 1.82) is 0 Å². The number of likely N-dealkylation sites (tertiary alicyclic amines) is 1. The van der Waals surface area contributed by atoms with Gasteiger partial charge in [-0.1, -0.05) is 20.3 Å². The maximum atomic E-state index is 12.2. The van der Waals surface area contributed by atoms with Crippen LogP contribution in [0.4, 0.5) is 0 Å². The van der Waals surface area contributed by atoms with Gasteiger partial charge in [0.1, 0.15) is 0 Å². The number of piperidine rings is 1. The van der Waals surface area contributed by atoms with Gasteiger partial charge in [0.2, 0.25) is 5.91 Å². The standard InChI is InChI=1S/C14H25NO3/c1-3-5-11(2)14(18)15-9-4-6-12(10-15)7-8-13(16)17/h11-12H,3-10H2,1-2H3,(H,16,17). The molecule has 1 aliphatic rings. The quantitative estimate of drug-likeness (QED) is 0.793. The zero-order valence-electron chi connectivity index (χ0n) is 11.5. The van der Waals surface area contributed by atoms with Crippen molar-refractivity contribution in [2.45, 2.75) is 52.4 Å². The Morgan fingerprint density at radius 2 is 2.17 bits per heavy atom. The van der Waals surface area contributed by atoms with Gasteiger partial charge in [-0.2, -0.15) is 0 Å². The van der Waals surface area contributed by atoms with Gasteiger partial charge in [-0.25, -0.2) is 0 Å². The van der Waals surface area contributed by atoms with Gasteiger partial charge in [0, 0.05) is 25.4 Å². The SMILES string of the molecule is CCCC(C)C(=O)N1CCCC(CCC(=O)O)C1. The number of amides is 1. The lowest BCUT2D eigenvalue weighted by Gasteiger charge is -2.34. The van der Waals surface area contributed by atoms with Gasteiger partial charge in [0.15, 0.2) is 0 Å². The highest BCUT2D eigenvalue weighted by molar-refractivity contribution is 5.78. The van der Waals surface area contributed by atoms with Gasteiger partial charge in [0.25, 0.3) is 0 Å². The monoisotopic (exact) mass is 255 g/mol. The van der Waals surface area contributed by atoms with Crippen molar-refractivity contribution < 1.29 is 14.7 Å². The second-order valence-electron chi connectivity index (χ2n) is 5.41. The van der Waals surface area contributed by atoms with Crippen LogP contribution in [0.25, 0.3) is 0 Å². The molecular formula is C14H25NO3. The molecule has 18 heavy (non-hydrogen) atoms. The van der Waals surface area contributed by atoms with Crippen LogP contribution in [-0.2, 0) is 9.59 Å². The molecule has 1 N–H and O–H groups in total. The largest absolute Gasteiger partial charge is 0.481 e. The molecule has 2 atom stereocenters. The normalized spacial score (nSPS) is 21.7. The van der Waals surface area contributed by atoms with Gasteiger partial charge >= 0.3 is 5.97 Å². The minimum absolute atomic E-state index is 0.105. The fourth-order valence-corrected chi connectivity index (χ4v) is 2.70. The Bertz CT molecular complexity index is 291. The van der Waals surface area contributed by atoms with Crippen LogP contribution in [0.15, 0.2) is 0 Å². The van der Waals surface area contributed by atoms with Crippen molar-refractivity contribution in [1.82, 2.24) is 4.90 Å². The molecule has 2 unspecified atom stereocenters. The second kappa shape index (κ2) is 7.39. The van der Waals surface area contributed by atoms with Gasteiger partial charge < -0.3 is 10.0 Å². The van der Waals surface area contributed by atoms with Crippen molar-refractivity contribution >= 4 is 11.9 Å². The van der Waals surface area contributed by atoms with E-state index in [0.717, 1.165) is 38.8 Å². The Kier molecular flexibility index (Phi) is 6.16. The Balaban J connectivity index is 2.42. The zero-order chi connectivity index (χ0) is 13.5. The van der Waals surface area contributed by atoms with E-state index in [2.05, 4.69) is 6.92 Å². The fraction of sp³-hybridized carbons (Fsp3) is 0.857. The summed E-state index contributed by atoms with van der Waals surface area (Å²) in [6.07, 6.45) is 4.95. The lowest BCUT2D eigenvalue weighted by atomic mass is 9.92. The first-order valence-corrected chi connectivity index (χ1v) is 7.05.